The van der Waals surface area contributed by atoms with E-state index in [0.29, 0.717) is 5.16 Å². The summed E-state index contributed by atoms with van der Waals surface area (Å²) in [6.45, 7) is 0. The van der Waals surface area contributed by atoms with E-state index in [1.165, 1.54) is 11.8 Å². The summed E-state index contributed by atoms with van der Waals surface area (Å²) >= 11 is 3.58. The first kappa shape index (κ1) is 16.0. The zero-order chi connectivity index (χ0) is 16.1. The number of thioether (sulfide) groups is 1. The van der Waals surface area contributed by atoms with Crippen molar-refractivity contribution in [1.29, 1.82) is 0 Å². The Morgan fingerprint density at radius 3 is 2.61 bits per heavy atom. The molecule has 1 aromatic heterocycles. The number of anilines is 1. The van der Waals surface area contributed by atoms with Crippen LogP contribution in [0, 0.1) is 3.57 Å². The molecule has 0 saturated carbocycles. The molecule has 0 radical (unpaired) electrons. The number of halogens is 1. The Labute approximate surface area is 151 Å². The lowest BCUT2D eigenvalue weighted by atomic mass is 10.3. The number of carbonyl (C=O) groups excluding carboxylic acids is 1. The second-order valence-electron chi connectivity index (χ2n) is 4.66. The van der Waals surface area contributed by atoms with Gasteiger partial charge in [-0.2, -0.15) is 0 Å². The molecule has 23 heavy (non-hydrogen) atoms. The molecule has 0 aliphatic rings. The van der Waals surface area contributed by atoms with Crippen LogP contribution in [0.1, 0.15) is 0 Å². The summed E-state index contributed by atoms with van der Waals surface area (Å²) in [6, 6.07) is 17.5. The van der Waals surface area contributed by atoms with E-state index in [2.05, 4.69) is 38.1 Å². The summed E-state index contributed by atoms with van der Waals surface area (Å²) in [6.07, 6.45) is 1.65. The Bertz CT molecular complexity index is 789. The number of hydrogen-bond acceptors (Lipinski definition) is 4. The van der Waals surface area contributed by atoms with Gasteiger partial charge in [-0.15, -0.1) is 10.2 Å². The molecule has 1 N–H and O–H groups in total. The Morgan fingerprint density at radius 2 is 1.87 bits per heavy atom. The Balaban J connectivity index is 1.62. The van der Waals surface area contributed by atoms with Crippen molar-refractivity contribution in [2.45, 2.75) is 5.16 Å². The van der Waals surface area contributed by atoms with Crippen LogP contribution < -0.4 is 5.32 Å². The number of nitrogens with one attached hydrogen (secondary N) is 1. The highest BCUT2D eigenvalue weighted by molar-refractivity contribution is 14.1. The second kappa shape index (κ2) is 7.60. The van der Waals surface area contributed by atoms with Gasteiger partial charge in [0.15, 0.2) is 5.16 Å². The van der Waals surface area contributed by atoms with Gasteiger partial charge in [-0.25, -0.2) is 0 Å². The molecule has 116 valence electrons. The monoisotopic (exact) mass is 436 g/mol. The van der Waals surface area contributed by atoms with Crippen molar-refractivity contribution in [1.82, 2.24) is 14.8 Å². The van der Waals surface area contributed by atoms with Gasteiger partial charge in [-0.1, -0.05) is 30.0 Å². The molecule has 3 aromatic rings. The van der Waals surface area contributed by atoms with E-state index in [4.69, 9.17) is 0 Å². The third-order valence-electron chi connectivity index (χ3n) is 3.01. The van der Waals surface area contributed by atoms with Crippen molar-refractivity contribution in [3.05, 3.63) is 64.5 Å². The fraction of sp³-hybridized carbons (Fsp3) is 0.0625. The maximum Gasteiger partial charge on any atom is 0.234 e. The van der Waals surface area contributed by atoms with Gasteiger partial charge in [-0.3, -0.25) is 9.36 Å². The second-order valence-corrected chi connectivity index (χ2v) is 6.85. The zero-order valence-corrected chi connectivity index (χ0v) is 15.0. The number of rotatable bonds is 5. The van der Waals surface area contributed by atoms with Gasteiger partial charge in [0, 0.05) is 14.9 Å². The lowest BCUT2D eigenvalue weighted by molar-refractivity contribution is -0.113. The van der Waals surface area contributed by atoms with Crippen molar-refractivity contribution in [2.24, 2.45) is 0 Å². The molecule has 2 aromatic carbocycles. The molecule has 7 heteroatoms. The van der Waals surface area contributed by atoms with Crippen LogP contribution in [0.5, 0.6) is 0 Å². The Hall–Kier alpha value is -1.87. The average Bonchev–Trinajstić information content (AvgIpc) is 3.04. The first-order chi connectivity index (χ1) is 11.2. The van der Waals surface area contributed by atoms with Gasteiger partial charge < -0.3 is 5.32 Å². The highest BCUT2D eigenvalue weighted by Crippen LogP contribution is 2.19. The zero-order valence-electron chi connectivity index (χ0n) is 12.0. The summed E-state index contributed by atoms with van der Waals surface area (Å²) in [7, 11) is 0. The van der Waals surface area contributed by atoms with Crippen molar-refractivity contribution in [3.8, 4) is 5.69 Å². The largest absolute Gasteiger partial charge is 0.325 e. The van der Waals surface area contributed by atoms with Gasteiger partial charge >= 0.3 is 0 Å². The molecule has 5 nitrogen and oxygen atoms in total. The van der Waals surface area contributed by atoms with Gasteiger partial charge in [0.05, 0.1) is 5.75 Å². The molecule has 3 rings (SSSR count). The molecule has 0 saturated heterocycles. The standard InChI is InChI=1S/C16H13IN4OS/c17-12-6-8-13(9-7-12)19-15(22)10-23-16-20-18-11-21(16)14-4-2-1-3-5-14/h1-9,11H,10H2,(H,19,22). The van der Waals surface area contributed by atoms with E-state index in [-0.39, 0.29) is 11.7 Å². The lowest BCUT2D eigenvalue weighted by Crippen LogP contribution is -2.14. The smallest absolute Gasteiger partial charge is 0.234 e. The summed E-state index contributed by atoms with van der Waals surface area (Å²) in [4.78, 5) is 12.0. The minimum absolute atomic E-state index is 0.0705. The molecule has 0 bridgehead atoms. The Morgan fingerprint density at radius 1 is 1.13 bits per heavy atom. The topological polar surface area (TPSA) is 59.8 Å². The first-order valence-corrected chi connectivity index (χ1v) is 8.92. The van der Waals surface area contributed by atoms with Gasteiger partial charge in [0.2, 0.25) is 5.91 Å². The number of hydrogen-bond donors (Lipinski definition) is 1. The maximum absolute atomic E-state index is 12.0. The van der Waals surface area contributed by atoms with E-state index in [9.17, 15) is 4.79 Å². The van der Waals surface area contributed by atoms with E-state index < -0.39 is 0 Å². The van der Waals surface area contributed by atoms with Gasteiger partial charge in [0.25, 0.3) is 0 Å². The van der Waals surface area contributed by atoms with Crippen LogP contribution >= 0.6 is 34.4 Å². The van der Waals surface area contributed by atoms with E-state index in [1.807, 2.05) is 59.2 Å². The van der Waals surface area contributed by atoms with E-state index >= 15 is 0 Å². The molecule has 0 spiro atoms. The Kier molecular flexibility index (Phi) is 5.29. The summed E-state index contributed by atoms with van der Waals surface area (Å²) in [5.41, 5.74) is 1.76. The van der Waals surface area contributed by atoms with Crippen LogP contribution in [0.15, 0.2) is 66.1 Å². The highest BCUT2D eigenvalue weighted by atomic mass is 127. The molecule has 1 heterocycles. The van der Waals surface area contributed by atoms with Crippen molar-refractivity contribution >= 4 is 45.9 Å². The fourth-order valence-electron chi connectivity index (χ4n) is 1.95. The predicted octanol–water partition coefficient (Wildman–Crippen LogP) is 3.60. The molecule has 0 aliphatic carbocycles. The van der Waals surface area contributed by atoms with E-state index in [1.54, 1.807) is 6.33 Å². The average molecular weight is 436 g/mol. The molecular formula is C16H13IN4OS. The van der Waals surface area contributed by atoms with Crippen LogP contribution in [-0.2, 0) is 4.79 Å². The fourth-order valence-corrected chi connectivity index (χ4v) is 3.04. The molecule has 0 atom stereocenters. The third kappa shape index (κ3) is 4.32. The van der Waals surface area contributed by atoms with E-state index in [0.717, 1.165) is 14.9 Å². The quantitative estimate of drug-likeness (QED) is 0.491. The minimum atomic E-state index is -0.0705. The number of nitrogens with zero attached hydrogens (tertiary/aromatic N) is 3. The number of benzene rings is 2. The van der Waals surface area contributed by atoms with Crippen LogP contribution in [0.2, 0.25) is 0 Å². The van der Waals surface area contributed by atoms with Crippen LogP contribution in [0.25, 0.3) is 5.69 Å². The van der Waals surface area contributed by atoms with Crippen molar-refractivity contribution in [3.63, 3.8) is 0 Å². The number of para-hydroxylation sites is 1. The SMILES string of the molecule is O=C(CSc1nncn1-c1ccccc1)Nc1ccc(I)cc1. The summed E-state index contributed by atoms with van der Waals surface area (Å²) in [5.74, 6) is 0.205. The summed E-state index contributed by atoms with van der Waals surface area (Å²) in [5, 5.41) is 11.6. The van der Waals surface area contributed by atoms with Gasteiger partial charge in [-0.05, 0) is 59.0 Å². The maximum atomic E-state index is 12.0. The summed E-state index contributed by atoms with van der Waals surface area (Å²) < 4.78 is 2.99. The molecule has 0 unspecified atom stereocenters. The number of carbonyl (C=O) groups is 1. The highest BCUT2D eigenvalue weighted by Gasteiger charge is 2.10. The van der Waals surface area contributed by atoms with Crippen molar-refractivity contribution < 1.29 is 4.79 Å². The minimum Gasteiger partial charge on any atom is -0.325 e. The number of aromatic nitrogens is 3. The van der Waals surface area contributed by atoms with Crippen LogP contribution in [0.4, 0.5) is 5.69 Å². The molecule has 1 amide bonds. The van der Waals surface area contributed by atoms with Crippen LogP contribution in [-0.4, -0.2) is 26.4 Å². The first-order valence-electron chi connectivity index (χ1n) is 6.86. The third-order valence-corrected chi connectivity index (χ3v) is 4.67. The molecular weight excluding hydrogens is 423 g/mol. The lowest BCUT2D eigenvalue weighted by Gasteiger charge is -2.07. The van der Waals surface area contributed by atoms with Crippen molar-refractivity contribution in [2.75, 3.05) is 11.1 Å². The predicted molar refractivity (Wildman–Crippen MR) is 99.9 cm³/mol. The van der Waals surface area contributed by atoms with Crippen LogP contribution in [0.3, 0.4) is 0 Å². The van der Waals surface area contributed by atoms with Gasteiger partial charge in [0.1, 0.15) is 6.33 Å². The molecule has 0 aliphatic heterocycles. The molecule has 0 fully saturated rings. The normalized spacial score (nSPS) is 10.5. The number of amides is 1.